The van der Waals surface area contributed by atoms with E-state index in [0.717, 1.165) is 22.0 Å². The Morgan fingerprint density at radius 3 is 2.64 bits per heavy atom. The molecule has 25 heavy (non-hydrogen) atoms. The van der Waals surface area contributed by atoms with Crippen LogP contribution in [0.4, 0.5) is 5.82 Å². The number of aliphatic hydroxyl groups excluding tert-OH is 1. The molecular weight excluding hydrogens is 314 g/mol. The van der Waals surface area contributed by atoms with Gasteiger partial charge in [0.25, 0.3) is 0 Å². The zero-order chi connectivity index (χ0) is 17.2. The number of nitrogens with zero attached hydrogens (tertiary/aromatic N) is 2. The maximum absolute atomic E-state index is 10.5. The second-order valence-electron chi connectivity index (χ2n) is 6.19. The van der Waals surface area contributed by atoms with E-state index in [1.54, 1.807) is 0 Å². The molecule has 4 aromatic rings. The molecule has 0 saturated heterocycles. The first-order valence-electron chi connectivity index (χ1n) is 8.33. The third kappa shape index (κ3) is 3.06. The fraction of sp³-hybridized carbons (Fsp3) is 0.200. The highest BCUT2D eigenvalue weighted by atomic mass is 16.3. The average molecular weight is 333 g/mol. The van der Waals surface area contributed by atoms with Crippen molar-refractivity contribution >= 4 is 27.9 Å². The highest BCUT2D eigenvalue weighted by Crippen LogP contribution is 2.30. The van der Waals surface area contributed by atoms with Gasteiger partial charge in [0.05, 0.1) is 12.1 Å². The van der Waals surface area contributed by atoms with Gasteiger partial charge in [0, 0.05) is 11.8 Å². The lowest BCUT2D eigenvalue weighted by Gasteiger charge is -2.20. The van der Waals surface area contributed by atoms with E-state index >= 15 is 0 Å². The number of para-hydroxylation sites is 1. The average Bonchev–Trinajstić information content (AvgIpc) is 3.02. The summed E-state index contributed by atoms with van der Waals surface area (Å²) in [6, 6.07) is 17.5. The number of rotatable bonds is 5. The van der Waals surface area contributed by atoms with Gasteiger partial charge in [-0.05, 0) is 24.6 Å². The van der Waals surface area contributed by atoms with Crippen LogP contribution in [-0.4, -0.2) is 27.2 Å². The predicted octanol–water partition coefficient (Wildman–Crippen LogP) is 3.78. The quantitative estimate of drug-likeness (QED) is 0.581. The number of anilines is 1. The number of hydrogen-bond acceptors (Lipinski definition) is 5. The van der Waals surface area contributed by atoms with Crippen LogP contribution in [0.5, 0.6) is 0 Å². The van der Waals surface area contributed by atoms with Gasteiger partial charge in [0.15, 0.2) is 11.4 Å². The van der Waals surface area contributed by atoms with Crippen LogP contribution in [0.3, 0.4) is 0 Å². The second kappa shape index (κ2) is 6.53. The lowest BCUT2D eigenvalue weighted by atomic mass is 10.0. The maximum Gasteiger partial charge on any atom is 0.196 e. The van der Waals surface area contributed by atoms with Crippen LogP contribution in [0.1, 0.15) is 12.5 Å². The molecule has 126 valence electrons. The Hall–Kier alpha value is -2.92. The minimum absolute atomic E-state index is 0.188. The third-order valence-electron chi connectivity index (χ3n) is 4.39. The maximum atomic E-state index is 10.5. The molecule has 0 amide bonds. The van der Waals surface area contributed by atoms with Gasteiger partial charge in [0.2, 0.25) is 0 Å². The standard InChI is InChI=1S/C20H19N3O2/c1-13(16(24)11-14-7-3-2-4-8-14)23-20-19-18(21-12-22-20)15-9-5-6-10-17(15)25-19/h2-10,12-13,16,24H,11H2,1H3,(H,21,22,23). The van der Waals surface area contributed by atoms with Crippen LogP contribution in [0.25, 0.3) is 22.1 Å². The lowest BCUT2D eigenvalue weighted by molar-refractivity contribution is 0.158. The van der Waals surface area contributed by atoms with Crippen molar-refractivity contribution in [3.05, 3.63) is 66.5 Å². The largest absolute Gasteiger partial charge is 0.450 e. The number of aromatic nitrogens is 2. The van der Waals surface area contributed by atoms with Gasteiger partial charge >= 0.3 is 0 Å². The van der Waals surface area contributed by atoms with E-state index < -0.39 is 6.10 Å². The smallest absolute Gasteiger partial charge is 0.196 e. The molecule has 5 nitrogen and oxygen atoms in total. The summed E-state index contributed by atoms with van der Waals surface area (Å²) in [5, 5.41) is 14.7. The predicted molar refractivity (Wildman–Crippen MR) is 98.5 cm³/mol. The first kappa shape index (κ1) is 15.6. The lowest BCUT2D eigenvalue weighted by Crippen LogP contribution is -2.32. The van der Waals surface area contributed by atoms with Crippen LogP contribution in [0.15, 0.2) is 65.3 Å². The van der Waals surface area contributed by atoms with Gasteiger partial charge in [-0.15, -0.1) is 0 Å². The molecule has 0 aliphatic rings. The Labute approximate surface area is 145 Å². The van der Waals surface area contributed by atoms with Gasteiger partial charge in [-0.1, -0.05) is 42.5 Å². The fourth-order valence-corrected chi connectivity index (χ4v) is 2.97. The van der Waals surface area contributed by atoms with Crippen molar-refractivity contribution in [2.24, 2.45) is 0 Å². The minimum atomic E-state index is -0.545. The van der Waals surface area contributed by atoms with Crippen molar-refractivity contribution in [3.63, 3.8) is 0 Å². The summed E-state index contributed by atoms with van der Waals surface area (Å²) in [7, 11) is 0. The number of nitrogens with one attached hydrogen (secondary N) is 1. The first-order chi connectivity index (χ1) is 12.2. The summed E-state index contributed by atoms with van der Waals surface area (Å²) < 4.78 is 5.91. The molecule has 2 unspecified atom stereocenters. The van der Waals surface area contributed by atoms with Crippen molar-refractivity contribution in [1.29, 1.82) is 0 Å². The molecule has 0 aliphatic carbocycles. The molecule has 2 atom stereocenters. The topological polar surface area (TPSA) is 71.2 Å². The van der Waals surface area contributed by atoms with E-state index in [1.165, 1.54) is 6.33 Å². The molecule has 0 radical (unpaired) electrons. The van der Waals surface area contributed by atoms with Crippen LogP contribution in [0, 0.1) is 0 Å². The fourth-order valence-electron chi connectivity index (χ4n) is 2.97. The third-order valence-corrected chi connectivity index (χ3v) is 4.39. The molecule has 4 rings (SSSR count). The molecule has 0 spiro atoms. The SMILES string of the molecule is CC(Nc1ncnc2c1oc1ccccc12)C(O)Cc1ccccc1. The molecule has 2 heterocycles. The molecule has 0 fully saturated rings. The van der Waals surface area contributed by atoms with Gasteiger partial charge < -0.3 is 14.8 Å². The number of benzene rings is 2. The Kier molecular flexibility index (Phi) is 4.07. The van der Waals surface area contributed by atoms with E-state index in [0.29, 0.717) is 17.8 Å². The zero-order valence-corrected chi connectivity index (χ0v) is 13.9. The monoisotopic (exact) mass is 333 g/mol. The summed E-state index contributed by atoms with van der Waals surface area (Å²) in [6.07, 6.45) is 1.54. The van der Waals surface area contributed by atoms with Crippen LogP contribution in [-0.2, 0) is 6.42 Å². The van der Waals surface area contributed by atoms with Gasteiger partial charge in [-0.25, -0.2) is 9.97 Å². The van der Waals surface area contributed by atoms with Crippen molar-refractivity contribution in [1.82, 2.24) is 9.97 Å². The molecule has 0 saturated carbocycles. The minimum Gasteiger partial charge on any atom is -0.450 e. The molecule has 2 aromatic heterocycles. The summed E-state index contributed by atoms with van der Waals surface area (Å²) in [4.78, 5) is 8.65. The van der Waals surface area contributed by atoms with E-state index in [1.807, 2.05) is 61.5 Å². The van der Waals surface area contributed by atoms with Crippen molar-refractivity contribution in [2.45, 2.75) is 25.5 Å². The van der Waals surface area contributed by atoms with E-state index in [-0.39, 0.29) is 6.04 Å². The van der Waals surface area contributed by atoms with Crippen molar-refractivity contribution < 1.29 is 9.52 Å². The Balaban J connectivity index is 1.59. The molecule has 0 aliphatic heterocycles. The number of aliphatic hydroxyl groups is 1. The highest BCUT2D eigenvalue weighted by molar-refractivity contribution is 6.05. The molecule has 0 bridgehead atoms. The van der Waals surface area contributed by atoms with E-state index in [9.17, 15) is 5.11 Å². The van der Waals surface area contributed by atoms with Gasteiger partial charge in [-0.3, -0.25) is 0 Å². The molecule has 5 heteroatoms. The van der Waals surface area contributed by atoms with Crippen LogP contribution >= 0.6 is 0 Å². The Morgan fingerprint density at radius 1 is 1.04 bits per heavy atom. The van der Waals surface area contributed by atoms with Gasteiger partial charge in [0.1, 0.15) is 17.4 Å². The molecule has 2 aromatic carbocycles. The highest BCUT2D eigenvalue weighted by Gasteiger charge is 2.19. The summed E-state index contributed by atoms with van der Waals surface area (Å²) in [6.45, 7) is 1.93. The normalized spacial score (nSPS) is 13.8. The number of hydrogen-bond donors (Lipinski definition) is 2. The van der Waals surface area contributed by atoms with Crippen LogP contribution < -0.4 is 5.32 Å². The zero-order valence-electron chi connectivity index (χ0n) is 13.9. The summed E-state index contributed by atoms with van der Waals surface area (Å²) >= 11 is 0. The number of fused-ring (bicyclic) bond motifs is 3. The Bertz CT molecular complexity index is 998. The second-order valence-corrected chi connectivity index (χ2v) is 6.19. The molecular formula is C20H19N3O2. The first-order valence-corrected chi connectivity index (χ1v) is 8.33. The molecule has 2 N–H and O–H groups in total. The van der Waals surface area contributed by atoms with Crippen molar-refractivity contribution in [3.8, 4) is 0 Å². The van der Waals surface area contributed by atoms with Crippen LogP contribution in [0.2, 0.25) is 0 Å². The Morgan fingerprint density at radius 2 is 1.80 bits per heavy atom. The van der Waals surface area contributed by atoms with Gasteiger partial charge in [-0.2, -0.15) is 0 Å². The number of furan rings is 1. The summed E-state index contributed by atoms with van der Waals surface area (Å²) in [5.74, 6) is 0.598. The van der Waals surface area contributed by atoms with Crippen molar-refractivity contribution in [2.75, 3.05) is 5.32 Å². The van der Waals surface area contributed by atoms with E-state index in [4.69, 9.17) is 4.42 Å². The summed E-state index contributed by atoms with van der Waals surface area (Å²) in [5.41, 5.74) is 3.26. The van der Waals surface area contributed by atoms with E-state index in [2.05, 4.69) is 15.3 Å².